The van der Waals surface area contributed by atoms with Gasteiger partial charge in [-0.2, -0.15) is 8.78 Å². The van der Waals surface area contributed by atoms with Crippen molar-refractivity contribution < 1.29 is 22.0 Å². The van der Waals surface area contributed by atoms with Crippen LogP contribution in [0.4, 0.5) is 22.0 Å². The Morgan fingerprint density at radius 1 is 0.913 bits per heavy atom. The Kier molecular flexibility index (Phi) is 7.48. The molecule has 0 saturated carbocycles. The van der Waals surface area contributed by atoms with Crippen molar-refractivity contribution in [1.29, 1.82) is 0 Å². The molecule has 0 bridgehead atoms. The largest absolute Gasteiger partial charge is 0.306 e. The van der Waals surface area contributed by atoms with Crippen LogP contribution < -0.4 is 0 Å². The second-order valence-electron chi connectivity index (χ2n) is 4.28. The van der Waals surface area contributed by atoms with Gasteiger partial charge in [0.15, 0.2) is 17.5 Å². The highest BCUT2D eigenvalue weighted by atomic mass is 35.5. The van der Waals surface area contributed by atoms with E-state index in [4.69, 9.17) is 11.6 Å². The lowest BCUT2D eigenvalue weighted by atomic mass is 10.1. The van der Waals surface area contributed by atoms with Gasteiger partial charge in [0, 0.05) is 5.88 Å². The van der Waals surface area contributed by atoms with Crippen molar-refractivity contribution in [2.24, 2.45) is 0 Å². The summed E-state index contributed by atoms with van der Waals surface area (Å²) in [6, 6.07) is 12.3. The normalized spacial score (nSPS) is 9.65. The standard InChI is InChI=1S/C9H9Cl.C8H3F5/c1-8(7-10)9-5-3-2-4-6-9;9-5-3-1-2-4(6(5)10)7(11)8(12)13/h2-6H,1,7H2;1-3H. The van der Waals surface area contributed by atoms with Crippen LogP contribution >= 0.6 is 11.6 Å². The topological polar surface area (TPSA) is 0 Å². The Balaban J connectivity index is 0.000000238. The fourth-order valence-electron chi connectivity index (χ4n) is 1.53. The predicted molar refractivity (Wildman–Crippen MR) is 82.8 cm³/mol. The second-order valence-corrected chi connectivity index (χ2v) is 4.55. The van der Waals surface area contributed by atoms with Crippen LogP contribution in [0.1, 0.15) is 11.1 Å². The van der Waals surface area contributed by atoms with E-state index in [1.807, 2.05) is 30.3 Å². The first kappa shape index (κ1) is 18.9. The van der Waals surface area contributed by atoms with Crippen molar-refractivity contribution in [2.45, 2.75) is 0 Å². The molecule has 0 aliphatic carbocycles. The lowest BCUT2D eigenvalue weighted by Crippen LogP contribution is -1.90. The number of hydrogen-bond acceptors (Lipinski definition) is 0. The van der Waals surface area contributed by atoms with Crippen LogP contribution in [0.5, 0.6) is 0 Å². The molecule has 0 aliphatic heterocycles. The van der Waals surface area contributed by atoms with Crippen LogP contribution in [0.15, 0.2) is 61.2 Å². The Hall–Kier alpha value is -2.14. The lowest BCUT2D eigenvalue weighted by Gasteiger charge is -1.99. The zero-order valence-corrected chi connectivity index (χ0v) is 12.6. The zero-order chi connectivity index (χ0) is 17.4. The summed E-state index contributed by atoms with van der Waals surface area (Å²) in [7, 11) is 0. The maximum atomic E-state index is 12.6. The van der Waals surface area contributed by atoms with Gasteiger partial charge in [0.25, 0.3) is 0 Å². The summed E-state index contributed by atoms with van der Waals surface area (Å²) in [6.07, 6.45) is -2.68. The van der Waals surface area contributed by atoms with E-state index < -0.39 is 29.1 Å². The number of rotatable bonds is 3. The van der Waals surface area contributed by atoms with E-state index in [1.165, 1.54) is 0 Å². The molecular formula is C17H12ClF5. The summed E-state index contributed by atoms with van der Waals surface area (Å²) in [6.45, 7) is 3.81. The summed E-state index contributed by atoms with van der Waals surface area (Å²) in [5.74, 6) is -4.52. The minimum absolute atomic E-state index is 0.504. The average Bonchev–Trinajstić information content (AvgIpc) is 2.57. The van der Waals surface area contributed by atoms with E-state index >= 15 is 0 Å². The Morgan fingerprint density at radius 2 is 1.52 bits per heavy atom. The highest BCUT2D eigenvalue weighted by Gasteiger charge is 2.15. The fraction of sp³-hybridized carbons (Fsp3) is 0.0588. The van der Waals surface area contributed by atoms with Gasteiger partial charge in [-0.3, -0.25) is 0 Å². The van der Waals surface area contributed by atoms with E-state index in [0.717, 1.165) is 23.3 Å². The van der Waals surface area contributed by atoms with Crippen LogP contribution in [0.3, 0.4) is 0 Å². The third-order valence-electron chi connectivity index (χ3n) is 2.70. The van der Waals surface area contributed by atoms with Crippen LogP contribution in [0, 0.1) is 11.6 Å². The molecule has 122 valence electrons. The summed E-state index contributed by atoms with van der Waals surface area (Å²) in [5, 5.41) is 0. The van der Waals surface area contributed by atoms with E-state index in [-0.39, 0.29) is 0 Å². The van der Waals surface area contributed by atoms with Crippen molar-refractivity contribution in [3.8, 4) is 0 Å². The van der Waals surface area contributed by atoms with Crippen molar-refractivity contribution >= 4 is 23.0 Å². The van der Waals surface area contributed by atoms with Gasteiger partial charge in [-0.25, -0.2) is 13.2 Å². The van der Waals surface area contributed by atoms with Crippen molar-refractivity contribution in [3.63, 3.8) is 0 Å². The first-order chi connectivity index (χ1) is 10.9. The molecule has 0 radical (unpaired) electrons. The molecule has 0 N–H and O–H groups in total. The molecule has 23 heavy (non-hydrogen) atoms. The molecule has 0 heterocycles. The molecule has 0 amide bonds. The maximum Gasteiger partial charge on any atom is 0.306 e. The van der Waals surface area contributed by atoms with Crippen LogP contribution in [-0.4, -0.2) is 5.88 Å². The zero-order valence-electron chi connectivity index (χ0n) is 11.8. The third-order valence-corrected chi connectivity index (χ3v) is 3.02. The molecule has 2 rings (SSSR count). The van der Waals surface area contributed by atoms with E-state index in [0.29, 0.717) is 11.9 Å². The van der Waals surface area contributed by atoms with Crippen molar-refractivity contribution in [1.82, 2.24) is 0 Å². The molecule has 0 aliphatic rings. The Labute approximate surface area is 135 Å². The Bertz CT molecular complexity index is 691. The van der Waals surface area contributed by atoms with Gasteiger partial charge >= 0.3 is 6.08 Å². The fourth-order valence-corrected chi connectivity index (χ4v) is 1.68. The maximum absolute atomic E-state index is 12.6. The van der Waals surface area contributed by atoms with E-state index in [2.05, 4.69) is 6.58 Å². The molecule has 0 fully saturated rings. The molecule has 0 unspecified atom stereocenters. The average molecular weight is 347 g/mol. The molecule has 0 aromatic heterocycles. The van der Waals surface area contributed by atoms with Gasteiger partial charge < -0.3 is 0 Å². The van der Waals surface area contributed by atoms with Gasteiger partial charge in [-0.1, -0.05) is 43.0 Å². The molecule has 2 aromatic rings. The van der Waals surface area contributed by atoms with E-state index in [9.17, 15) is 22.0 Å². The van der Waals surface area contributed by atoms with Gasteiger partial charge in [0.2, 0.25) is 0 Å². The highest BCUT2D eigenvalue weighted by Crippen LogP contribution is 2.25. The minimum atomic E-state index is -2.68. The van der Waals surface area contributed by atoms with Gasteiger partial charge in [0.05, 0.1) is 5.56 Å². The number of hydrogen-bond donors (Lipinski definition) is 0. The van der Waals surface area contributed by atoms with Crippen molar-refractivity contribution in [3.05, 3.63) is 84.0 Å². The Morgan fingerprint density at radius 3 is 2.04 bits per heavy atom. The number of allylic oxidation sites excluding steroid dienone is 1. The molecule has 2 aromatic carbocycles. The molecule has 0 nitrogen and oxygen atoms in total. The summed E-state index contributed by atoms with van der Waals surface area (Å²) in [4.78, 5) is 0. The lowest BCUT2D eigenvalue weighted by molar-refractivity contribution is 0.408. The first-order valence-corrected chi connectivity index (χ1v) is 6.86. The SMILES string of the molecule is C=C(CCl)c1ccccc1.FC(F)=C(F)c1cccc(F)c1F. The third kappa shape index (κ3) is 5.53. The van der Waals surface area contributed by atoms with Gasteiger partial charge in [0.1, 0.15) is 0 Å². The smallest absolute Gasteiger partial charge is 0.204 e. The molecule has 0 spiro atoms. The highest BCUT2D eigenvalue weighted by molar-refractivity contribution is 6.23. The van der Waals surface area contributed by atoms with Crippen molar-refractivity contribution in [2.75, 3.05) is 5.88 Å². The van der Waals surface area contributed by atoms with Gasteiger partial charge in [-0.05, 0) is 23.3 Å². The molecule has 0 atom stereocenters. The van der Waals surface area contributed by atoms with Crippen LogP contribution in [0.25, 0.3) is 11.4 Å². The van der Waals surface area contributed by atoms with Gasteiger partial charge in [-0.15, -0.1) is 11.6 Å². The summed E-state index contributed by atoms with van der Waals surface area (Å²) >= 11 is 5.59. The molecule has 6 heteroatoms. The number of alkyl halides is 1. The predicted octanol–water partition coefficient (Wildman–Crippen LogP) is 6.44. The monoisotopic (exact) mass is 346 g/mol. The molecular weight excluding hydrogens is 335 g/mol. The molecule has 0 saturated heterocycles. The number of benzene rings is 2. The second kappa shape index (κ2) is 9.10. The van der Waals surface area contributed by atoms with Crippen LogP contribution in [0.2, 0.25) is 0 Å². The number of halogens is 6. The minimum Gasteiger partial charge on any atom is -0.204 e. The summed E-state index contributed by atoms with van der Waals surface area (Å²) in [5.41, 5.74) is 1.03. The van der Waals surface area contributed by atoms with E-state index in [1.54, 1.807) is 0 Å². The van der Waals surface area contributed by atoms with Crippen LogP contribution in [-0.2, 0) is 0 Å². The first-order valence-electron chi connectivity index (χ1n) is 6.32. The quantitative estimate of drug-likeness (QED) is 0.443. The summed E-state index contributed by atoms with van der Waals surface area (Å²) < 4.78 is 60.7.